The molecule has 0 aliphatic carbocycles. The number of nitrogens with zero attached hydrogens (tertiary/aromatic N) is 1. The predicted octanol–water partition coefficient (Wildman–Crippen LogP) is 5.68. The maximum absolute atomic E-state index is 13.2. The molecule has 2 atom stereocenters. The highest BCUT2D eigenvalue weighted by Crippen LogP contribution is 2.41. The number of hydrogen-bond acceptors (Lipinski definition) is 5. The number of carbonyl (C=O) groups excluding carboxylic acids is 2. The molecular formula is C23H37F3N2O5Si. The van der Waals surface area contributed by atoms with Crippen molar-refractivity contribution in [2.45, 2.75) is 83.6 Å². The zero-order valence-corrected chi connectivity index (χ0v) is 22.6. The van der Waals surface area contributed by atoms with Crippen molar-refractivity contribution in [2.75, 3.05) is 14.2 Å². The highest BCUT2D eigenvalue weighted by molar-refractivity contribution is 6.74. The van der Waals surface area contributed by atoms with E-state index in [0.717, 1.165) is 17.2 Å². The van der Waals surface area contributed by atoms with Crippen LogP contribution in [0.3, 0.4) is 0 Å². The number of alkyl halides is 3. The molecule has 194 valence electrons. The molecule has 0 bridgehead atoms. The molecule has 0 fully saturated rings. The molecule has 34 heavy (non-hydrogen) atoms. The van der Waals surface area contributed by atoms with Gasteiger partial charge in [-0.2, -0.15) is 13.2 Å². The summed E-state index contributed by atoms with van der Waals surface area (Å²) in [7, 11) is 0.0670. The van der Waals surface area contributed by atoms with E-state index in [9.17, 15) is 22.8 Å². The second-order valence-corrected chi connectivity index (χ2v) is 15.3. The van der Waals surface area contributed by atoms with Gasteiger partial charge < -0.3 is 14.5 Å². The number of likely N-dealkylation sites (N-methyl/N-ethyl adjacent to an activating group) is 1. The summed E-state index contributed by atoms with van der Waals surface area (Å²) in [4.78, 5) is 30.9. The summed E-state index contributed by atoms with van der Waals surface area (Å²) >= 11 is 0. The largest absolute Gasteiger partial charge is 0.444 e. The molecule has 7 nitrogen and oxygen atoms in total. The SMILES string of the molecule is CON(C)C(=O)[C@@H](NC(=O)OC(C)(C)C)[C@@H](O[Si](C)(C)C(C)(C)C)c1ccc(C(F)(F)F)cc1. The second-order valence-electron chi connectivity index (χ2n) is 10.6. The van der Waals surface area contributed by atoms with Gasteiger partial charge in [-0.1, -0.05) is 32.9 Å². The van der Waals surface area contributed by atoms with Crippen LogP contribution in [0, 0.1) is 0 Å². The van der Waals surface area contributed by atoms with E-state index in [0.29, 0.717) is 5.56 Å². The van der Waals surface area contributed by atoms with Gasteiger partial charge in [0.05, 0.1) is 18.8 Å². The van der Waals surface area contributed by atoms with E-state index in [4.69, 9.17) is 14.0 Å². The number of rotatable bonds is 7. The van der Waals surface area contributed by atoms with Crippen LogP contribution in [0.5, 0.6) is 0 Å². The van der Waals surface area contributed by atoms with Crippen LogP contribution in [0.4, 0.5) is 18.0 Å². The van der Waals surface area contributed by atoms with Crippen LogP contribution >= 0.6 is 0 Å². The maximum Gasteiger partial charge on any atom is 0.416 e. The minimum Gasteiger partial charge on any atom is -0.444 e. The lowest BCUT2D eigenvalue weighted by molar-refractivity contribution is -0.173. The molecule has 0 aliphatic heterocycles. The van der Waals surface area contributed by atoms with Gasteiger partial charge in [0, 0.05) is 7.05 Å². The molecule has 1 aromatic rings. The van der Waals surface area contributed by atoms with Gasteiger partial charge in [0.1, 0.15) is 11.6 Å². The van der Waals surface area contributed by atoms with Crippen LogP contribution in [0.2, 0.25) is 18.1 Å². The van der Waals surface area contributed by atoms with Crippen molar-refractivity contribution in [3.05, 3.63) is 35.4 Å². The number of benzene rings is 1. The minimum absolute atomic E-state index is 0.288. The minimum atomic E-state index is -4.52. The number of ether oxygens (including phenoxy) is 1. The first-order valence-electron chi connectivity index (χ1n) is 10.9. The van der Waals surface area contributed by atoms with Crippen LogP contribution in [0.1, 0.15) is 58.8 Å². The first-order valence-corrected chi connectivity index (χ1v) is 13.8. The van der Waals surface area contributed by atoms with Crippen molar-refractivity contribution in [1.82, 2.24) is 10.4 Å². The molecule has 1 aromatic carbocycles. The Morgan fingerprint density at radius 3 is 1.88 bits per heavy atom. The molecule has 0 unspecified atom stereocenters. The molecule has 0 saturated heterocycles. The molecule has 0 saturated carbocycles. The van der Waals surface area contributed by atoms with E-state index in [2.05, 4.69) is 5.32 Å². The van der Waals surface area contributed by atoms with Gasteiger partial charge in [-0.3, -0.25) is 9.63 Å². The number of hydroxylamine groups is 2. The van der Waals surface area contributed by atoms with Gasteiger partial charge in [-0.25, -0.2) is 9.86 Å². The first-order chi connectivity index (χ1) is 15.2. The molecule has 1 rings (SSSR count). The van der Waals surface area contributed by atoms with E-state index in [-0.39, 0.29) is 5.04 Å². The number of amides is 2. The Hall–Kier alpha value is -2.11. The number of carbonyl (C=O) groups is 2. The van der Waals surface area contributed by atoms with Crippen molar-refractivity contribution in [3.63, 3.8) is 0 Å². The average Bonchev–Trinajstić information content (AvgIpc) is 2.66. The zero-order chi connectivity index (χ0) is 26.7. The summed E-state index contributed by atoms with van der Waals surface area (Å²) in [5.74, 6) is -0.656. The van der Waals surface area contributed by atoms with Gasteiger partial charge in [0.25, 0.3) is 5.91 Å². The molecule has 0 spiro atoms. The van der Waals surface area contributed by atoms with Crippen LogP contribution in [0.25, 0.3) is 0 Å². The maximum atomic E-state index is 13.2. The zero-order valence-electron chi connectivity index (χ0n) is 21.6. The standard InChI is InChI=1S/C23H37F3N2O5Si/c1-21(2,3)32-20(30)27-17(19(29)28(7)31-8)18(33-34(9,10)22(4,5)6)15-11-13-16(14-12-15)23(24,25)26/h11-14,17-18H,1-10H3,(H,27,30)/t17-,18-/m0/s1. The highest BCUT2D eigenvalue weighted by Gasteiger charge is 2.44. The van der Waals surface area contributed by atoms with Gasteiger partial charge in [0.2, 0.25) is 0 Å². The lowest BCUT2D eigenvalue weighted by Gasteiger charge is -2.41. The first kappa shape index (κ1) is 29.9. The Labute approximate surface area is 201 Å². The Kier molecular flexibility index (Phi) is 9.38. The smallest absolute Gasteiger partial charge is 0.416 e. The number of nitrogens with one attached hydrogen (secondary N) is 1. The molecule has 0 radical (unpaired) electrons. The summed E-state index contributed by atoms with van der Waals surface area (Å²) in [6, 6.07) is 3.03. The molecule has 11 heteroatoms. The van der Waals surface area contributed by atoms with Gasteiger partial charge in [-0.15, -0.1) is 0 Å². The van der Waals surface area contributed by atoms with Crippen molar-refractivity contribution < 1.29 is 36.8 Å². The van der Waals surface area contributed by atoms with Gasteiger partial charge in [-0.05, 0) is 56.6 Å². The van der Waals surface area contributed by atoms with Gasteiger partial charge in [0.15, 0.2) is 8.32 Å². The molecule has 0 heterocycles. The fraction of sp³-hybridized carbons (Fsp3) is 0.652. The average molecular weight is 507 g/mol. The topological polar surface area (TPSA) is 77.1 Å². The number of alkyl carbamates (subject to hydrolysis) is 1. The van der Waals surface area contributed by atoms with Crippen LogP contribution < -0.4 is 5.32 Å². The summed E-state index contributed by atoms with van der Waals surface area (Å²) in [5, 5.41) is 3.19. The summed E-state index contributed by atoms with van der Waals surface area (Å²) in [6.07, 6.45) is -6.49. The highest BCUT2D eigenvalue weighted by atomic mass is 28.4. The number of hydrogen-bond donors (Lipinski definition) is 1. The van der Waals surface area contributed by atoms with Crippen LogP contribution in [-0.4, -0.2) is 51.2 Å². The van der Waals surface area contributed by atoms with Crippen molar-refractivity contribution in [2.24, 2.45) is 0 Å². The fourth-order valence-electron chi connectivity index (χ4n) is 2.67. The molecular weight excluding hydrogens is 469 g/mol. The lowest BCUT2D eigenvalue weighted by atomic mass is 10.00. The summed E-state index contributed by atoms with van der Waals surface area (Å²) in [5.41, 5.74) is -1.37. The monoisotopic (exact) mass is 506 g/mol. The van der Waals surface area contributed by atoms with E-state index in [1.165, 1.54) is 26.3 Å². The third kappa shape index (κ3) is 8.28. The van der Waals surface area contributed by atoms with Crippen molar-refractivity contribution in [1.29, 1.82) is 0 Å². The second kappa shape index (κ2) is 10.7. The predicted molar refractivity (Wildman–Crippen MR) is 125 cm³/mol. The lowest BCUT2D eigenvalue weighted by Crippen LogP contribution is -2.54. The van der Waals surface area contributed by atoms with Crippen molar-refractivity contribution >= 4 is 20.3 Å². The molecule has 1 N–H and O–H groups in total. The Morgan fingerprint density at radius 2 is 1.50 bits per heavy atom. The third-order valence-electron chi connectivity index (χ3n) is 5.62. The Balaban J connectivity index is 3.60. The summed E-state index contributed by atoms with van der Waals surface area (Å²) < 4.78 is 51.3. The molecule has 0 aliphatic rings. The summed E-state index contributed by atoms with van der Waals surface area (Å²) in [6.45, 7) is 14.9. The fourth-order valence-corrected chi connectivity index (χ4v) is 3.93. The molecule has 2 amide bonds. The van der Waals surface area contributed by atoms with E-state index in [1.54, 1.807) is 20.8 Å². The van der Waals surface area contributed by atoms with Crippen molar-refractivity contribution in [3.8, 4) is 0 Å². The Bertz CT molecular complexity index is 846. The quantitative estimate of drug-likeness (QED) is 0.380. The van der Waals surface area contributed by atoms with E-state index < -0.39 is 49.8 Å². The van der Waals surface area contributed by atoms with Crippen LogP contribution in [0.15, 0.2) is 24.3 Å². The van der Waals surface area contributed by atoms with Crippen LogP contribution in [-0.2, 0) is 25.0 Å². The Morgan fingerprint density at radius 1 is 1.00 bits per heavy atom. The third-order valence-corrected chi connectivity index (χ3v) is 10.1. The normalized spacial score (nSPS) is 14.9. The molecule has 0 aromatic heterocycles. The van der Waals surface area contributed by atoms with Gasteiger partial charge >= 0.3 is 12.3 Å². The van der Waals surface area contributed by atoms with E-state index in [1.807, 2.05) is 33.9 Å². The number of halogens is 3. The van der Waals surface area contributed by atoms with E-state index >= 15 is 0 Å².